The third-order valence-corrected chi connectivity index (χ3v) is 3.68. The van der Waals surface area contributed by atoms with Crippen molar-refractivity contribution in [2.75, 3.05) is 13.2 Å². The molecule has 0 unspecified atom stereocenters. The van der Waals surface area contributed by atoms with Crippen molar-refractivity contribution in [3.8, 4) is 17.6 Å². The number of aliphatic hydroxyl groups is 1. The maximum absolute atomic E-state index is 11.9. The molecule has 1 heterocycles. The molecule has 7 nitrogen and oxygen atoms in total. The van der Waals surface area contributed by atoms with Gasteiger partial charge in [-0.1, -0.05) is 13.8 Å². The Hall–Kier alpha value is -2.85. The molecule has 2 N–H and O–H groups in total. The third kappa shape index (κ3) is 4.58. The minimum Gasteiger partial charge on any atom is -0.453 e. The molecule has 0 aliphatic heterocycles. The van der Waals surface area contributed by atoms with Gasteiger partial charge in [0.1, 0.15) is 18.0 Å². The Morgan fingerprint density at radius 3 is 2.60 bits per heavy atom. The lowest BCUT2D eigenvalue weighted by atomic mass is 10.2. The second-order valence-electron chi connectivity index (χ2n) is 5.40. The zero-order chi connectivity index (χ0) is 18.2. The van der Waals surface area contributed by atoms with Crippen molar-refractivity contribution in [1.29, 1.82) is 5.26 Å². The largest absolute Gasteiger partial charge is 0.453 e. The van der Waals surface area contributed by atoms with E-state index in [1.165, 1.54) is 0 Å². The van der Waals surface area contributed by atoms with Crippen LogP contribution >= 0.6 is 0 Å². The fourth-order valence-electron chi connectivity index (χ4n) is 2.46. The number of hydrogen-bond donors (Lipinski definition) is 2. The van der Waals surface area contributed by atoms with Crippen molar-refractivity contribution >= 4 is 5.91 Å². The molecule has 0 fully saturated rings. The summed E-state index contributed by atoms with van der Waals surface area (Å²) in [6.07, 6.45) is 1.33. The SMILES string of the molecule is CCc1nn(CC(=O)NCCO)c(CC)c1Oc1ccc(C#N)cc1. The van der Waals surface area contributed by atoms with Crippen molar-refractivity contribution in [3.05, 3.63) is 41.2 Å². The normalized spacial score (nSPS) is 10.3. The van der Waals surface area contributed by atoms with E-state index in [-0.39, 0.29) is 25.6 Å². The van der Waals surface area contributed by atoms with E-state index < -0.39 is 0 Å². The summed E-state index contributed by atoms with van der Waals surface area (Å²) in [5, 5.41) is 24.8. The topological polar surface area (TPSA) is 100 Å². The van der Waals surface area contributed by atoms with Gasteiger partial charge in [0.05, 0.1) is 23.9 Å². The molecule has 1 aromatic carbocycles. The Labute approximate surface area is 146 Å². The molecule has 0 bridgehead atoms. The number of nitrogens with one attached hydrogen (secondary N) is 1. The van der Waals surface area contributed by atoms with Gasteiger partial charge in [-0.05, 0) is 37.1 Å². The fraction of sp³-hybridized carbons (Fsp3) is 0.389. The highest BCUT2D eigenvalue weighted by atomic mass is 16.5. The molecule has 0 aliphatic rings. The van der Waals surface area contributed by atoms with Gasteiger partial charge in [0.15, 0.2) is 5.75 Å². The molecule has 0 spiro atoms. The number of benzene rings is 1. The number of aliphatic hydroxyl groups excluding tert-OH is 1. The van der Waals surface area contributed by atoms with E-state index in [4.69, 9.17) is 15.1 Å². The zero-order valence-electron chi connectivity index (χ0n) is 14.5. The molecule has 0 saturated heterocycles. The molecular formula is C18H22N4O3. The lowest BCUT2D eigenvalue weighted by Crippen LogP contribution is -2.30. The second-order valence-corrected chi connectivity index (χ2v) is 5.40. The lowest BCUT2D eigenvalue weighted by Gasteiger charge is -2.09. The average Bonchev–Trinajstić information content (AvgIpc) is 2.96. The zero-order valence-corrected chi connectivity index (χ0v) is 14.5. The third-order valence-electron chi connectivity index (χ3n) is 3.68. The molecule has 0 saturated carbocycles. The van der Waals surface area contributed by atoms with Gasteiger partial charge in [-0.15, -0.1) is 0 Å². The Balaban J connectivity index is 2.26. The highest BCUT2D eigenvalue weighted by Crippen LogP contribution is 2.30. The first-order valence-corrected chi connectivity index (χ1v) is 8.27. The lowest BCUT2D eigenvalue weighted by molar-refractivity contribution is -0.122. The van der Waals surface area contributed by atoms with Crippen molar-refractivity contribution in [3.63, 3.8) is 0 Å². The van der Waals surface area contributed by atoms with E-state index in [1.807, 2.05) is 13.8 Å². The van der Waals surface area contributed by atoms with Crippen molar-refractivity contribution < 1.29 is 14.6 Å². The minimum absolute atomic E-state index is 0.0763. The number of aryl methyl sites for hydroxylation is 1. The van der Waals surface area contributed by atoms with Gasteiger partial charge >= 0.3 is 0 Å². The maximum Gasteiger partial charge on any atom is 0.241 e. The Morgan fingerprint density at radius 2 is 2.04 bits per heavy atom. The van der Waals surface area contributed by atoms with Crippen LogP contribution in [0.25, 0.3) is 0 Å². The van der Waals surface area contributed by atoms with Crippen molar-refractivity contribution in [2.45, 2.75) is 33.2 Å². The van der Waals surface area contributed by atoms with E-state index in [1.54, 1.807) is 28.9 Å². The van der Waals surface area contributed by atoms with Crippen molar-refractivity contribution in [1.82, 2.24) is 15.1 Å². The van der Waals surface area contributed by atoms with Crippen LogP contribution in [0.5, 0.6) is 11.5 Å². The van der Waals surface area contributed by atoms with E-state index in [9.17, 15) is 4.79 Å². The van der Waals surface area contributed by atoms with E-state index >= 15 is 0 Å². The highest BCUT2D eigenvalue weighted by Gasteiger charge is 2.19. The summed E-state index contributed by atoms with van der Waals surface area (Å²) >= 11 is 0. The average molecular weight is 342 g/mol. The number of nitrogens with zero attached hydrogens (tertiary/aromatic N) is 3. The molecule has 2 rings (SSSR count). The number of hydrogen-bond acceptors (Lipinski definition) is 5. The number of carbonyl (C=O) groups excluding carboxylic acids is 1. The molecule has 1 aromatic heterocycles. The Kier molecular flexibility index (Phi) is 6.54. The summed E-state index contributed by atoms with van der Waals surface area (Å²) in [6, 6.07) is 8.94. The number of ether oxygens (including phenoxy) is 1. The number of aromatic nitrogens is 2. The van der Waals surface area contributed by atoms with Gasteiger partial charge < -0.3 is 15.2 Å². The van der Waals surface area contributed by atoms with E-state index in [2.05, 4.69) is 16.5 Å². The second kappa shape index (κ2) is 8.85. The van der Waals surface area contributed by atoms with Crippen LogP contribution in [0.4, 0.5) is 0 Å². The highest BCUT2D eigenvalue weighted by molar-refractivity contribution is 5.75. The van der Waals surface area contributed by atoms with Gasteiger partial charge in [0.25, 0.3) is 0 Å². The molecule has 25 heavy (non-hydrogen) atoms. The maximum atomic E-state index is 11.9. The van der Waals surface area contributed by atoms with Crippen LogP contribution in [0.15, 0.2) is 24.3 Å². The van der Waals surface area contributed by atoms with Crippen LogP contribution in [0.3, 0.4) is 0 Å². The van der Waals surface area contributed by atoms with Gasteiger partial charge in [-0.2, -0.15) is 10.4 Å². The van der Waals surface area contributed by atoms with Gasteiger partial charge in [0, 0.05) is 6.54 Å². The molecule has 0 radical (unpaired) electrons. The molecule has 7 heteroatoms. The molecule has 0 atom stereocenters. The first-order chi connectivity index (χ1) is 12.1. The standard InChI is InChI=1S/C18H22N4O3/c1-3-15-18(25-14-7-5-13(11-19)6-8-14)16(4-2)22(21-15)12-17(24)20-9-10-23/h5-8,23H,3-4,9-10,12H2,1-2H3,(H,20,24). The summed E-state index contributed by atoms with van der Waals surface area (Å²) < 4.78 is 7.64. The minimum atomic E-state index is -0.209. The van der Waals surface area contributed by atoms with Crippen LogP contribution in [-0.2, 0) is 24.2 Å². The van der Waals surface area contributed by atoms with Gasteiger partial charge in [-0.3, -0.25) is 9.48 Å². The Morgan fingerprint density at radius 1 is 1.32 bits per heavy atom. The summed E-state index contributed by atoms with van der Waals surface area (Å²) in [4.78, 5) is 11.9. The predicted octanol–water partition coefficient (Wildman–Crippen LogP) is 1.78. The van der Waals surface area contributed by atoms with Crippen LogP contribution in [0, 0.1) is 11.3 Å². The first kappa shape index (κ1) is 18.5. The van der Waals surface area contributed by atoms with Crippen molar-refractivity contribution in [2.24, 2.45) is 0 Å². The van der Waals surface area contributed by atoms with Crippen LogP contribution in [-0.4, -0.2) is 33.9 Å². The van der Waals surface area contributed by atoms with Crippen LogP contribution in [0.1, 0.15) is 30.8 Å². The first-order valence-electron chi connectivity index (χ1n) is 8.27. The molecular weight excluding hydrogens is 320 g/mol. The molecule has 1 amide bonds. The number of rotatable bonds is 8. The fourth-order valence-corrected chi connectivity index (χ4v) is 2.46. The van der Waals surface area contributed by atoms with Crippen LogP contribution < -0.4 is 10.1 Å². The summed E-state index contributed by atoms with van der Waals surface area (Å²) in [6.45, 7) is 4.15. The van der Waals surface area contributed by atoms with E-state index in [0.717, 1.165) is 11.4 Å². The number of nitriles is 1. The molecule has 132 valence electrons. The Bertz CT molecular complexity index is 760. The number of amides is 1. The summed E-state index contributed by atoms with van der Waals surface area (Å²) in [7, 11) is 0. The molecule has 2 aromatic rings. The van der Waals surface area contributed by atoms with Gasteiger partial charge in [0.2, 0.25) is 5.91 Å². The molecule has 0 aliphatic carbocycles. The predicted molar refractivity (Wildman–Crippen MR) is 92.3 cm³/mol. The van der Waals surface area contributed by atoms with Gasteiger partial charge in [-0.25, -0.2) is 0 Å². The van der Waals surface area contributed by atoms with E-state index in [0.29, 0.717) is 29.9 Å². The summed E-state index contributed by atoms with van der Waals surface area (Å²) in [5.41, 5.74) is 2.17. The number of carbonyl (C=O) groups is 1. The van der Waals surface area contributed by atoms with Crippen LogP contribution in [0.2, 0.25) is 0 Å². The smallest absolute Gasteiger partial charge is 0.241 e. The monoisotopic (exact) mass is 342 g/mol. The summed E-state index contributed by atoms with van der Waals surface area (Å²) in [5.74, 6) is 1.07. The quantitative estimate of drug-likeness (QED) is 0.762.